The molecule has 0 amide bonds. The summed E-state index contributed by atoms with van der Waals surface area (Å²) in [6.45, 7) is 7.96. The summed E-state index contributed by atoms with van der Waals surface area (Å²) >= 11 is 0. The fraction of sp³-hybridized carbons (Fsp3) is 0.684. The van der Waals surface area contributed by atoms with E-state index in [0.717, 1.165) is 25.0 Å². The third-order valence-corrected chi connectivity index (χ3v) is 3.41. The summed E-state index contributed by atoms with van der Waals surface area (Å²) in [5.41, 5.74) is 0. The molecule has 0 radical (unpaired) electrons. The van der Waals surface area contributed by atoms with Gasteiger partial charge in [0.05, 0.1) is 6.61 Å². The molecule has 0 rings (SSSR count). The Kier molecular flexibility index (Phi) is 14.3. The first-order chi connectivity index (χ1) is 11.1. The lowest BCUT2D eigenvalue weighted by Crippen LogP contribution is -2.12. The molecule has 0 aromatic rings. The van der Waals surface area contributed by atoms with E-state index in [4.69, 9.17) is 9.47 Å². The van der Waals surface area contributed by atoms with E-state index >= 15 is 0 Å². The number of rotatable bonds is 14. The zero-order chi connectivity index (χ0) is 17.3. The summed E-state index contributed by atoms with van der Waals surface area (Å²) < 4.78 is 10.1. The third-order valence-electron chi connectivity index (χ3n) is 3.41. The standard InChI is InChI=1S/C19H32O4/c1-4-6-7-8-9-10-11-12-16-22-18(20)14-15-19(21)23-17(3)13-5-2/h5,14-15,17H,2,4,6-13,16H2,1,3H3/b15-14+. The van der Waals surface area contributed by atoms with Gasteiger partial charge in [-0.3, -0.25) is 0 Å². The van der Waals surface area contributed by atoms with Crippen LogP contribution in [0.1, 0.15) is 71.6 Å². The van der Waals surface area contributed by atoms with E-state index in [9.17, 15) is 9.59 Å². The molecule has 0 spiro atoms. The van der Waals surface area contributed by atoms with Crippen LogP contribution >= 0.6 is 0 Å². The molecular formula is C19H32O4. The van der Waals surface area contributed by atoms with E-state index < -0.39 is 11.9 Å². The zero-order valence-electron chi connectivity index (χ0n) is 14.7. The van der Waals surface area contributed by atoms with Gasteiger partial charge in [0.15, 0.2) is 0 Å². The average Bonchev–Trinajstić information content (AvgIpc) is 2.51. The van der Waals surface area contributed by atoms with Crippen molar-refractivity contribution in [1.29, 1.82) is 0 Å². The smallest absolute Gasteiger partial charge is 0.331 e. The molecular weight excluding hydrogens is 292 g/mol. The van der Waals surface area contributed by atoms with Gasteiger partial charge in [-0.15, -0.1) is 6.58 Å². The Morgan fingerprint density at radius 3 is 2.13 bits per heavy atom. The Bertz CT molecular complexity index is 360. The average molecular weight is 324 g/mol. The molecule has 23 heavy (non-hydrogen) atoms. The molecule has 0 aliphatic heterocycles. The summed E-state index contributed by atoms with van der Waals surface area (Å²) in [5.74, 6) is -1.04. The second kappa shape index (κ2) is 15.3. The van der Waals surface area contributed by atoms with Crippen molar-refractivity contribution in [2.75, 3.05) is 6.61 Å². The highest BCUT2D eigenvalue weighted by molar-refractivity contribution is 5.91. The Labute approximate surface area is 140 Å². The van der Waals surface area contributed by atoms with Crippen molar-refractivity contribution in [3.05, 3.63) is 24.8 Å². The first-order valence-corrected chi connectivity index (χ1v) is 8.76. The Morgan fingerprint density at radius 2 is 1.52 bits per heavy atom. The molecule has 0 bridgehead atoms. The largest absolute Gasteiger partial charge is 0.463 e. The number of hydrogen-bond acceptors (Lipinski definition) is 4. The second-order valence-corrected chi connectivity index (χ2v) is 5.75. The fourth-order valence-corrected chi connectivity index (χ4v) is 2.11. The minimum absolute atomic E-state index is 0.238. The van der Waals surface area contributed by atoms with Crippen LogP contribution in [0, 0.1) is 0 Å². The van der Waals surface area contributed by atoms with Crippen LogP contribution in [0.15, 0.2) is 24.8 Å². The van der Waals surface area contributed by atoms with Crippen molar-refractivity contribution in [2.45, 2.75) is 77.7 Å². The van der Waals surface area contributed by atoms with Crippen LogP contribution in [0.2, 0.25) is 0 Å². The summed E-state index contributed by atoms with van der Waals surface area (Å²) in [4.78, 5) is 22.8. The van der Waals surface area contributed by atoms with E-state index in [2.05, 4.69) is 13.5 Å². The predicted octanol–water partition coefficient (Wildman–Crippen LogP) is 4.73. The maximum Gasteiger partial charge on any atom is 0.331 e. The van der Waals surface area contributed by atoms with Crippen molar-refractivity contribution in [1.82, 2.24) is 0 Å². The molecule has 0 aliphatic rings. The molecule has 0 heterocycles. The van der Waals surface area contributed by atoms with Crippen LogP contribution < -0.4 is 0 Å². The van der Waals surface area contributed by atoms with E-state index in [0.29, 0.717) is 13.0 Å². The van der Waals surface area contributed by atoms with Crippen LogP contribution in [0.25, 0.3) is 0 Å². The highest BCUT2D eigenvalue weighted by atomic mass is 16.5. The number of unbranched alkanes of at least 4 members (excludes halogenated alkanes) is 7. The van der Waals surface area contributed by atoms with Crippen LogP contribution in [0.5, 0.6) is 0 Å². The molecule has 0 saturated heterocycles. The predicted molar refractivity (Wildman–Crippen MR) is 93.1 cm³/mol. The molecule has 0 saturated carbocycles. The second-order valence-electron chi connectivity index (χ2n) is 5.75. The van der Waals surface area contributed by atoms with E-state index in [1.165, 1.54) is 38.5 Å². The first kappa shape index (κ1) is 21.4. The van der Waals surface area contributed by atoms with Gasteiger partial charge < -0.3 is 9.47 Å². The maximum atomic E-state index is 11.4. The number of carbonyl (C=O) groups is 2. The van der Waals surface area contributed by atoms with Crippen molar-refractivity contribution >= 4 is 11.9 Å². The van der Waals surface area contributed by atoms with Gasteiger partial charge in [0.2, 0.25) is 0 Å². The van der Waals surface area contributed by atoms with Gasteiger partial charge in [-0.1, -0.05) is 57.9 Å². The lowest BCUT2D eigenvalue weighted by atomic mass is 10.1. The van der Waals surface area contributed by atoms with Crippen molar-refractivity contribution in [3.63, 3.8) is 0 Å². The van der Waals surface area contributed by atoms with Crippen LogP contribution in [0.4, 0.5) is 0 Å². The molecule has 132 valence electrons. The van der Waals surface area contributed by atoms with Gasteiger partial charge in [0, 0.05) is 18.6 Å². The summed E-state index contributed by atoms with van der Waals surface area (Å²) in [7, 11) is 0. The Morgan fingerprint density at radius 1 is 0.957 bits per heavy atom. The van der Waals surface area contributed by atoms with Gasteiger partial charge in [-0.2, -0.15) is 0 Å². The molecule has 0 fully saturated rings. The quantitative estimate of drug-likeness (QED) is 0.200. The number of esters is 2. The molecule has 1 atom stereocenters. The molecule has 0 N–H and O–H groups in total. The van der Waals surface area contributed by atoms with Gasteiger partial charge in [-0.05, 0) is 13.3 Å². The van der Waals surface area contributed by atoms with Gasteiger partial charge in [0.1, 0.15) is 6.10 Å². The fourth-order valence-electron chi connectivity index (χ4n) is 2.11. The molecule has 0 aromatic heterocycles. The number of hydrogen-bond donors (Lipinski definition) is 0. The molecule has 0 aliphatic carbocycles. The minimum atomic E-state index is -0.539. The van der Waals surface area contributed by atoms with Crippen molar-refractivity contribution < 1.29 is 19.1 Å². The third kappa shape index (κ3) is 15.1. The molecule has 0 aromatic carbocycles. The van der Waals surface area contributed by atoms with Crippen molar-refractivity contribution in [3.8, 4) is 0 Å². The lowest BCUT2D eigenvalue weighted by Gasteiger charge is -2.08. The zero-order valence-corrected chi connectivity index (χ0v) is 14.7. The van der Waals surface area contributed by atoms with Crippen LogP contribution in [0.3, 0.4) is 0 Å². The lowest BCUT2D eigenvalue weighted by molar-refractivity contribution is -0.143. The van der Waals surface area contributed by atoms with Crippen LogP contribution in [-0.4, -0.2) is 24.6 Å². The van der Waals surface area contributed by atoms with Gasteiger partial charge >= 0.3 is 11.9 Å². The maximum absolute atomic E-state index is 11.4. The monoisotopic (exact) mass is 324 g/mol. The first-order valence-electron chi connectivity index (χ1n) is 8.76. The Hall–Kier alpha value is -1.58. The van der Waals surface area contributed by atoms with E-state index in [-0.39, 0.29) is 6.10 Å². The number of carbonyl (C=O) groups excluding carboxylic acids is 2. The summed E-state index contributed by atoms with van der Waals surface area (Å²) in [5, 5.41) is 0. The summed E-state index contributed by atoms with van der Waals surface area (Å²) in [6.07, 6.45) is 13.8. The molecule has 4 heteroatoms. The highest BCUT2D eigenvalue weighted by Crippen LogP contribution is 2.08. The SMILES string of the molecule is C=CCC(C)OC(=O)/C=C/C(=O)OCCCCCCCCCC. The van der Waals surface area contributed by atoms with Crippen LogP contribution in [-0.2, 0) is 19.1 Å². The summed E-state index contributed by atoms with van der Waals surface area (Å²) in [6, 6.07) is 0. The van der Waals surface area contributed by atoms with E-state index in [1.54, 1.807) is 13.0 Å². The topological polar surface area (TPSA) is 52.6 Å². The number of ether oxygens (including phenoxy) is 2. The Balaban J connectivity index is 3.57. The van der Waals surface area contributed by atoms with Gasteiger partial charge in [-0.25, -0.2) is 9.59 Å². The normalized spacial score (nSPS) is 12.1. The highest BCUT2D eigenvalue weighted by Gasteiger charge is 2.05. The van der Waals surface area contributed by atoms with Gasteiger partial charge in [0.25, 0.3) is 0 Å². The molecule has 1 unspecified atom stereocenters. The minimum Gasteiger partial charge on any atom is -0.463 e. The molecule has 4 nitrogen and oxygen atoms in total. The van der Waals surface area contributed by atoms with E-state index in [1.807, 2.05) is 0 Å². The van der Waals surface area contributed by atoms with Crippen molar-refractivity contribution in [2.24, 2.45) is 0 Å².